The third-order valence-corrected chi connectivity index (χ3v) is 5.00. The molecular formula is C26H20F3NO. The number of hydrogen-bond donors (Lipinski definition) is 0. The van der Waals surface area contributed by atoms with Gasteiger partial charge in [0, 0.05) is 18.0 Å². The van der Waals surface area contributed by atoms with Crippen LogP contribution in [-0.4, -0.2) is 4.98 Å². The quantitative estimate of drug-likeness (QED) is 0.331. The maximum Gasteiger partial charge on any atom is 0.416 e. The molecule has 0 saturated carbocycles. The summed E-state index contributed by atoms with van der Waals surface area (Å²) in [6.07, 6.45) is -0.863. The highest BCUT2D eigenvalue weighted by atomic mass is 19.4. The number of hydrogen-bond acceptors (Lipinski definition) is 2. The Labute approximate surface area is 179 Å². The summed E-state index contributed by atoms with van der Waals surface area (Å²) in [5, 5.41) is 0. The molecule has 0 amide bonds. The average Bonchev–Trinajstić information content (AvgIpc) is 2.80. The Morgan fingerprint density at radius 2 is 1.42 bits per heavy atom. The minimum atomic E-state index is -4.37. The molecule has 1 aromatic heterocycles. The molecule has 3 aromatic carbocycles. The largest absolute Gasteiger partial charge is 0.416 e. The zero-order valence-corrected chi connectivity index (χ0v) is 16.6. The summed E-state index contributed by atoms with van der Waals surface area (Å²) in [5.74, 6) is 0. The molecule has 0 bridgehead atoms. The van der Waals surface area contributed by atoms with Crippen LogP contribution in [0.3, 0.4) is 0 Å². The van der Waals surface area contributed by atoms with Crippen LogP contribution >= 0.6 is 0 Å². The summed E-state index contributed by atoms with van der Waals surface area (Å²) in [4.78, 5) is 4.22. The minimum absolute atomic E-state index is 0.0829. The molecule has 0 N–H and O–H groups in total. The van der Waals surface area contributed by atoms with E-state index in [-0.39, 0.29) is 13.2 Å². The summed E-state index contributed by atoms with van der Waals surface area (Å²) in [7, 11) is 0. The highest BCUT2D eigenvalue weighted by Crippen LogP contribution is 2.33. The van der Waals surface area contributed by atoms with Crippen molar-refractivity contribution >= 4 is 0 Å². The second kappa shape index (κ2) is 9.14. The normalized spacial score (nSPS) is 11.5. The number of aromatic nitrogens is 1. The topological polar surface area (TPSA) is 22.1 Å². The van der Waals surface area contributed by atoms with E-state index < -0.39 is 11.7 Å². The van der Waals surface area contributed by atoms with Crippen molar-refractivity contribution in [1.29, 1.82) is 0 Å². The maximum atomic E-state index is 13.0. The monoisotopic (exact) mass is 419 g/mol. The number of nitrogens with zero attached hydrogens (tertiary/aromatic N) is 1. The van der Waals surface area contributed by atoms with Gasteiger partial charge in [0.2, 0.25) is 0 Å². The first kappa shape index (κ1) is 20.8. The minimum Gasteiger partial charge on any atom is -0.372 e. The van der Waals surface area contributed by atoms with Gasteiger partial charge in [0.15, 0.2) is 0 Å². The second-order valence-corrected chi connectivity index (χ2v) is 7.13. The van der Waals surface area contributed by atoms with Crippen molar-refractivity contribution in [3.05, 3.63) is 114 Å². The Morgan fingerprint density at radius 1 is 0.710 bits per heavy atom. The van der Waals surface area contributed by atoms with E-state index in [1.807, 2.05) is 60.7 Å². The van der Waals surface area contributed by atoms with E-state index in [0.29, 0.717) is 5.56 Å². The van der Waals surface area contributed by atoms with E-state index in [4.69, 9.17) is 4.74 Å². The van der Waals surface area contributed by atoms with Gasteiger partial charge in [-0.2, -0.15) is 13.2 Å². The Hall–Kier alpha value is -3.44. The van der Waals surface area contributed by atoms with Crippen molar-refractivity contribution in [2.45, 2.75) is 19.4 Å². The number of alkyl halides is 3. The summed E-state index contributed by atoms with van der Waals surface area (Å²) in [5.41, 5.74) is 4.78. The molecule has 0 aliphatic heterocycles. The molecule has 4 rings (SSSR count). The van der Waals surface area contributed by atoms with Crippen molar-refractivity contribution < 1.29 is 17.9 Å². The molecule has 0 aliphatic rings. The SMILES string of the molecule is FC(F)(F)c1cccc(COCc2c(-c3ccccc3)cccc2-c2cccnc2)c1. The first-order valence-corrected chi connectivity index (χ1v) is 9.84. The average molecular weight is 419 g/mol. The highest BCUT2D eigenvalue weighted by Gasteiger charge is 2.30. The summed E-state index contributed by atoms with van der Waals surface area (Å²) in [6, 6.07) is 25.1. The van der Waals surface area contributed by atoms with Crippen LogP contribution in [0, 0.1) is 0 Å². The van der Waals surface area contributed by atoms with Gasteiger partial charge in [-0.3, -0.25) is 4.98 Å². The van der Waals surface area contributed by atoms with E-state index in [2.05, 4.69) is 4.98 Å². The lowest BCUT2D eigenvalue weighted by Gasteiger charge is -2.16. The van der Waals surface area contributed by atoms with E-state index in [9.17, 15) is 13.2 Å². The molecule has 0 aliphatic carbocycles. The lowest BCUT2D eigenvalue weighted by molar-refractivity contribution is -0.137. The third kappa shape index (κ3) is 5.01. The molecule has 0 unspecified atom stereocenters. The first-order valence-electron chi connectivity index (χ1n) is 9.84. The van der Waals surface area contributed by atoms with Gasteiger partial charge < -0.3 is 4.74 Å². The van der Waals surface area contributed by atoms with Crippen LogP contribution in [-0.2, 0) is 24.1 Å². The van der Waals surface area contributed by atoms with Gasteiger partial charge in [-0.1, -0.05) is 66.7 Å². The number of benzene rings is 3. The Morgan fingerprint density at radius 3 is 2.13 bits per heavy atom. The fourth-order valence-corrected chi connectivity index (χ4v) is 3.53. The lowest BCUT2D eigenvalue weighted by Crippen LogP contribution is -2.06. The molecule has 4 aromatic rings. The molecule has 5 heteroatoms. The molecule has 0 atom stereocenters. The molecule has 0 fully saturated rings. The third-order valence-electron chi connectivity index (χ3n) is 5.00. The van der Waals surface area contributed by atoms with Crippen LogP contribution < -0.4 is 0 Å². The van der Waals surface area contributed by atoms with Gasteiger partial charge in [0.1, 0.15) is 0 Å². The van der Waals surface area contributed by atoms with E-state index in [1.165, 1.54) is 6.07 Å². The van der Waals surface area contributed by atoms with Crippen molar-refractivity contribution in [3.8, 4) is 22.3 Å². The Kier molecular flexibility index (Phi) is 6.14. The molecule has 31 heavy (non-hydrogen) atoms. The maximum absolute atomic E-state index is 13.0. The van der Waals surface area contributed by atoms with Gasteiger partial charge in [-0.15, -0.1) is 0 Å². The predicted octanol–water partition coefficient (Wildman–Crippen LogP) is 7.15. The second-order valence-electron chi connectivity index (χ2n) is 7.13. The van der Waals surface area contributed by atoms with Crippen molar-refractivity contribution in [2.75, 3.05) is 0 Å². The van der Waals surface area contributed by atoms with E-state index in [0.717, 1.165) is 39.9 Å². The summed E-state index contributed by atoms with van der Waals surface area (Å²) >= 11 is 0. The molecule has 0 radical (unpaired) electrons. The van der Waals surface area contributed by atoms with Crippen LogP contribution in [0.2, 0.25) is 0 Å². The fourth-order valence-electron chi connectivity index (χ4n) is 3.53. The fraction of sp³-hybridized carbons (Fsp3) is 0.115. The van der Waals surface area contributed by atoms with Crippen LogP contribution in [0.5, 0.6) is 0 Å². The molecule has 1 heterocycles. The lowest BCUT2D eigenvalue weighted by atomic mass is 9.93. The van der Waals surface area contributed by atoms with Crippen molar-refractivity contribution in [3.63, 3.8) is 0 Å². The first-order chi connectivity index (χ1) is 15.0. The van der Waals surface area contributed by atoms with Crippen LogP contribution in [0.4, 0.5) is 13.2 Å². The predicted molar refractivity (Wildman–Crippen MR) is 115 cm³/mol. The summed E-state index contributed by atoms with van der Waals surface area (Å²) in [6.45, 7) is 0.338. The number of pyridine rings is 1. The molecule has 156 valence electrons. The zero-order chi connectivity index (χ0) is 21.7. The van der Waals surface area contributed by atoms with Crippen LogP contribution in [0.1, 0.15) is 16.7 Å². The van der Waals surface area contributed by atoms with Gasteiger partial charge in [0.05, 0.1) is 18.8 Å². The van der Waals surface area contributed by atoms with Gasteiger partial charge in [0.25, 0.3) is 0 Å². The van der Waals surface area contributed by atoms with Gasteiger partial charge >= 0.3 is 6.18 Å². The molecule has 0 spiro atoms. The standard InChI is InChI=1S/C26H20F3NO/c27-26(28,29)22-11-4-7-19(15-22)17-31-18-25-23(20-8-2-1-3-9-20)12-5-13-24(25)21-10-6-14-30-16-21/h1-16H,17-18H2. The molecule has 0 saturated heterocycles. The van der Waals surface area contributed by atoms with Crippen LogP contribution in [0.15, 0.2) is 97.3 Å². The summed E-state index contributed by atoms with van der Waals surface area (Å²) < 4.78 is 44.9. The Bertz CT molecular complexity index is 1080. The number of halogens is 3. The van der Waals surface area contributed by atoms with Gasteiger partial charge in [-0.05, 0) is 46.0 Å². The van der Waals surface area contributed by atoms with E-state index in [1.54, 1.807) is 18.5 Å². The molecule has 2 nitrogen and oxygen atoms in total. The highest BCUT2D eigenvalue weighted by molar-refractivity contribution is 5.78. The molecular weight excluding hydrogens is 399 g/mol. The van der Waals surface area contributed by atoms with Crippen molar-refractivity contribution in [1.82, 2.24) is 4.98 Å². The number of ether oxygens (including phenoxy) is 1. The van der Waals surface area contributed by atoms with Gasteiger partial charge in [-0.25, -0.2) is 0 Å². The Balaban J connectivity index is 1.64. The van der Waals surface area contributed by atoms with Crippen molar-refractivity contribution in [2.24, 2.45) is 0 Å². The zero-order valence-electron chi connectivity index (χ0n) is 16.6. The van der Waals surface area contributed by atoms with E-state index >= 15 is 0 Å². The smallest absolute Gasteiger partial charge is 0.372 e. The van der Waals surface area contributed by atoms with Crippen LogP contribution in [0.25, 0.3) is 22.3 Å². The number of rotatable bonds is 6.